The van der Waals surface area contributed by atoms with Crippen LogP contribution in [0.15, 0.2) is 11.1 Å². The zero-order valence-corrected chi connectivity index (χ0v) is 22.0. The summed E-state index contributed by atoms with van der Waals surface area (Å²) in [6.07, 6.45) is 9.84. The van der Waals surface area contributed by atoms with E-state index in [1.807, 2.05) is 7.11 Å². The van der Waals surface area contributed by atoms with Crippen molar-refractivity contribution in [2.45, 2.75) is 102 Å². The highest BCUT2D eigenvalue weighted by atomic mass is 32.3. The van der Waals surface area contributed by atoms with Crippen LogP contribution in [0, 0.1) is 0 Å². The molecule has 200 valence electrons. The first kappa shape index (κ1) is 26.7. The van der Waals surface area contributed by atoms with Crippen LogP contribution >= 0.6 is 0 Å². The van der Waals surface area contributed by atoms with Crippen molar-refractivity contribution in [2.24, 2.45) is 0 Å². The minimum absolute atomic E-state index is 0.0924. The molecule has 1 N–H and O–H groups in total. The van der Waals surface area contributed by atoms with Gasteiger partial charge in [0.25, 0.3) is 0 Å². The van der Waals surface area contributed by atoms with Crippen molar-refractivity contribution in [1.82, 2.24) is 24.1 Å². The van der Waals surface area contributed by atoms with E-state index in [1.54, 1.807) is 17.8 Å². The first-order valence-corrected chi connectivity index (χ1v) is 14.3. The van der Waals surface area contributed by atoms with Gasteiger partial charge in [0.2, 0.25) is 0 Å². The van der Waals surface area contributed by atoms with Gasteiger partial charge in [-0.15, -0.1) is 0 Å². The molecular weight excluding hydrogens is 474 g/mol. The van der Waals surface area contributed by atoms with Crippen molar-refractivity contribution in [1.29, 1.82) is 0 Å². The number of piperazine rings is 1. The lowest BCUT2D eigenvalue weighted by Crippen LogP contribution is -2.54. The van der Waals surface area contributed by atoms with Crippen molar-refractivity contribution in [3.63, 3.8) is 0 Å². The number of rotatable bonds is 8. The Morgan fingerprint density at radius 1 is 0.914 bits per heavy atom. The number of methoxy groups -OCH3 is 1. The fourth-order valence-electron chi connectivity index (χ4n) is 6.14. The molecule has 12 heteroatoms. The summed E-state index contributed by atoms with van der Waals surface area (Å²) < 4.78 is 44.0. The zero-order chi connectivity index (χ0) is 25.2. The van der Waals surface area contributed by atoms with E-state index in [2.05, 4.69) is 19.1 Å². The molecule has 1 saturated heterocycles. The van der Waals surface area contributed by atoms with Crippen molar-refractivity contribution in [2.75, 3.05) is 33.3 Å². The second kappa shape index (κ2) is 11.4. The van der Waals surface area contributed by atoms with E-state index in [0.29, 0.717) is 18.2 Å². The Bertz CT molecular complexity index is 973. The summed E-state index contributed by atoms with van der Waals surface area (Å²) in [5.74, 6) is 0. The summed E-state index contributed by atoms with van der Waals surface area (Å²) in [7, 11) is -2.77. The smallest absolute Gasteiger partial charge is 0.381 e. The zero-order valence-electron chi connectivity index (χ0n) is 21.2. The Kier molecular flexibility index (Phi) is 8.70. The first-order valence-electron chi connectivity index (χ1n) is 13.0. The summed E-state index contributed by atoms with van der Waals surface area (Å²) in [6, 6.07) is 0.721. The number of ether oxygens (including phenoxy) is 1. The van der Waals surface area contributed by atoms with E-state index in [0.717, 1.165) is 51.9 Å². The molecule has 1 aromatic rings. The minimum atomic E-state index is -4.60. The average molecular weight is 516 g/mol. The van der Waals surface area contributed by atoms with E-state index >= 15 is 0 Å². The molecule has 0 radical (unpaired) electrons. The summed E-state index contributed by atoms with van der Waals surface area (Å²) in [6.45, 7) is 7.63. The monoisotopic (exact) mass is 515 g/mol. The Balaban J connectivity index is 1.26. The van der Waals surface area contributed by atoms with Gasteiger partial charge in [0, 0.05) is 51.4 Å². The predicted molar refractivity (Wildman–Crippen MR) is 131 cm³/mol. The van der Waals surface area contributed by atoms with Crippen LogP contribution in [-0.4, -0.2) is 94.7 Å². The first-order chi connectivity index (χ1) is 16.7. The summed E-state index contributed by atoms with van der Waals surface area (Å²) >= 11 is 0. The number of hydrogen-bond donors (Lipinski definition) is 1. The van der Waals surface area contributed by atoms with Crippen LogP contribution in [0.3, 0.4) is 0 Å². The molecule has 2 atom stereocenters. The molecule has 3 aliphatic rings. The summed E-state index contributed by atoms with van der Waals surface area (Å²) in [5.41, 5.74) is -0.274. The molecule has 0 unspecified atom stereocenters. The van der Waals surface area contributed by atoms with Crippen LogP contribution in [0.4, 0.5) is 0 Å². The third-order valence-corrected chi connectivity index (χ3v) is 9.02. The quantitative estimate of drug-likeness (QED) is 0.518. The standard InChI is InChI=1S/C23H41N5O6S/c1-17(18(2)34-35(30,31)32)28-23(29)27(16-24-28)21-6-4-19(5-7-21)25-12-14-26(15-13-25)20-8-10-22(33-3)11-9-20/h16-22H,4-15H2,1-3H3,(H,30,31,32)/t17-,18+,19?,20?,21?,22?/m0/s1. The fourth-order valence-corrected chi connectivity index (χ4v) is 6.69. The van der Waals surface area contributed by atoms with E-state index in [-0.39, 0.29) is 11.7 Å². The predicted octanol–water partition coefficient (Wildman–Crippen LogP) is 1.87. The van der Waals surface area contributed by atoms with E-state index in [9.17, 15) is 13.2 Å². The second-order valence-electron chi connectivity index (χ2n) is 10.4. The Labute approximate surface area is 208 Å². The molecule has 11 nitrogen and oxygen atoms in total. The van der Waals surface area contributed by atoms with E-state index in [1.165, 1.54) is 37.3 Å². The van der Waals surface area contributed by atoms with Crippen LogP contribution in [-0.2, 0) is 19.3 Å². The summed E-state index contributed by atoms with van der Waals surface area (Å²) in [4.78, 5) is 18.3. The topological polar surface area (TPSA) is 119 Å². The van der Waals surface area contributed by atoms with E-state index in [4.69, 9.17) is 9.29 Å². The van der Waals surface area contributed by atoms with E-state index < -0.39 is 22.5 Å². The molecule has 0 amide bonds. The van der Waals surface area contributed by atoms with Crippen LogP contribution in [0.2, 0.25) is 0 Å². The maximum Gasteiger partial charge on any atom is 0.397 e. The van der Waals surface area contributed by atoms with Gasteiger partial charge in [-0.05, 0) is 65.2 Å². The van der Waals surface area contributed by atoms with Crippen LogP contribution in [0.25, 0.3) is 0 Å². The van der Waals surface area contributed by atoms with Gasteiger partial charge in [-0.2, -0.15) is 13.5 Å². The number of hydrogen-bond acceptors (Lipinski definition) is 8. The molecule has 35 heavy (non-hydrogen) atoms. The Morgan fingerprint density at radius 3 is 1.89 bits per heavy atom. The van der Waals surface area contributed by atoms with Gasteiger partial charge in [0.15, 0.2) is 0 Å². The minimum Gasteiger partial charge on any atom is -0.381 e. The van der Waals surface area contributed by atoms with Gasteiger partial charge in [0.1, 0.15) is 6.33 Å². The van der Waals surface area contributed by atoms with Gasteiger partial charge < -0.3 is 4.74 Å². The third-order valence-electron chi connectivity index (χ3n) is 8.47. The molecule has 3 fully saturated rings. The number of nitrogens with zero attached hydrogens (tertiary/aromatic N) is 5. The Hall–Kier alpha value is -1.31. The van der Waals surface area contributed by atoms with Gasteiger partial charge in [-0.25, -0.2) is 13.7 Å². The molecule has 2 saturated carbocycles. The molecule has 0 bridgehead atoms. The molecule has 4 rings (SSSR count). The van der Waals surface area contributed by atoms with Gasteiger partial charge in [-0.1, -0.05) is 0 Å². The number of aromatic nitrogens is 3. The lowest BCUT2D eigenvalue weighted by Gasteiger charge is -2.45. The molecule has 2 aliphatic carbocycles. The van der Waals surface area contributed by atoms with Crippen LogP contribution in [0.1, 0.15) is 77.3 Å². The van der Waals surface area contributed by atoms with Gasteiger partial charge in [-0.3, -0.25) is 18.9 Å². The molecule has 0 spiro atoms. The largest absolute Gasteiger partial charge is 0.397 e. The summed E-state index contributed by atoms with van der Waals surface area (Å²) in [5, 5.41) is 4.20. The molecule has 2 heterocycles. The Morgan fingerprint density at radius 2 is 1.40 bits per heavy atom. The highest BCUT2D eigenvalue weighted by Crippen LogP contribution is 2.32. The lowest BCUT2D eigenvalue weighted by molar-refractivity contribution is 0.0107. The third kappa shape index (κ3) is 6.53. The fraction of sp³-hybridized carbons (Fsp3) is 0.913. The normalized spacial score (nSPS) is 31.3. The van der Waals surface area contributed by atoms with Gasteiger partial charge in [0.05, 0.1) is 18.2 Å². The SMILES string of the molecule is COC1CCC(N2CCN(C3CCC(n4cnn([C@@H](C)[C@@H](C)OS(=O)(=O)O)c4=O)CC3)CC2)CC1. The van der Waals surface area contributed by atoms with Gasteiger partial charge >= 0.3 is 16.1 Å². The van der Waals surface area contributed by atoms with Crippen molar-refractivity contribution in [3.05, 3.63) is 16.8 Å². The molecule has 1 aliphatic heterocycles. The van der Waals surface area contributed by atoms with Crippen molar-refractivity contribution in [3.8, 4) is 0 Å². The van der Waals surface area contributed by atoms with Crippen LogP contribution < -0.4 is 5.69 Å². The second-order valence-corrected chi connectivity index (χ2v) is 11.5. The average Bonchev–Trinajstić information content (AvgIpc) is 3.24. The highest BCUT2D eigenvalue weighted by molar-refractivity contribution is 7.80. The van der Waals surface area contributed by atoms with Crippen LogP contribution in [0.5, 0.6) is 0 Å². The van der Waals surface area contributed by atoms with Crippen molar-refractivity contribution >= 4 is 10.4 Å². The van der Waals surface area contributed by atoms with Crippen molar-refractivity contribution < 1.29 is 21.9 Å². The highest BCUT2D eigenvalue weighted by Gasteiger charge is 2.33. The lowest BCUT2D eigenvalue weighted by atomic mass is 9.89. The maximum absolute atomic E-state index is 13.0. The molecular formula is C23H41N5O6S. The molecule has 1 aromatic heterocycles. The maximum atomic E-state index is 13.0. The molecule has 0 aromatic carbocycles.